The number of hydrogen-bond donors (Lipinski definition) is 1. The maximum atomic E-state index is 12.6. The van der Waals surface area contributed by atoms with Crippen LogP contribution in [0.3, 0.4) is 0 Å². The Morgan fingerprint density at radius 3 is 2.42 bits per heavy atom. The van der Waals surface area contributed by atoms with Crippen molar-refractivity contribution in [3.05, 3.63) is 59.7 Å². The van der Waals surface area contributed by atoms with Crippen molar-refractivity contribution in [3.8, 4) is 6.07 Å². The number of nitriles is 1. The van der Waals surface area contributed by atoms with Gasteiger partial charge in [0, 0.05) is 21.6 Å². The van der Waals surface area contributed by atoms with E-state index in [1.54, 1.807) is 44.2 Å². The highest BCUT2D eigenvalue weighted by Gasteiger charge is 2.19. The largest absolute Gasteiger partial charge is 0.349 e. The molecule has 1 N–H and O–H groups in total. The molecule has 0 saturated carbocycles. The van der Waals surface area contributed by atoms with E-state index in [1.807, 2.05) is 18.2 Å². The summed E-state index contributed by atoms with van der Waals surface area (Å²) in [6, 6.07) is 15.9. The highest BCUT2D eigenvalue weighted by Crippen LogP contribution is 2.32. The first-order valence-electron chi connectivity index (χ1n) is 8.13. The Kier molecular flexibility index (Phi) is 6.83. The average Bonchev–Trinajstić information content (AvgIpc) is 2.62. The smallest absolute Gasteiger partial charge is 0.252 e. The van der Waals surface area contributed by atoms with Crippen LogP contribution in [0, 0.1) is 11.3 Å². The monoisotopic (exact) mass is 388 g/mol. The SMILES string of the molecule is CCS(=O)(=O)CC(C)NC(=O)c1ccccc1Sc1ccccc1C#N. The van der Waals surface area contributed by atoms with E-state index in [2.05, 4.69) is 11.4 Å². The van der Waals surface area contributed by atoms with Gasteiger partial charge in [0.05, 0.1) is 16.9 Å². The number of hydrogen-bond acceptors (Lipinski definition) is 5. The lowest BCUT2D eigenvalue weighted by Gasteiger charge is -2.15. The number of nitrogens with one attached hydrogen (secondary N) is 1. The van der Waals surface area contributed by atoms with Gasteiger partial charge in [-0.25, -0.2) is 8.42 Å². The van der Waals surface area contributed by atoms with Crippen LogP contribution >= 0.6 is 11.8 Å². The molecule has 0 aliphatic heterocycles. The number of amides is 1. The summed E-state index contributed by atoms with van der Waals surface area (Å²) in [5.74, 6) is -0.381. The molecule has 5 nitrogen and oxygen atoms in total. The van der Waals surface area contributed by atoms with E-state index in [1.165, 1.54) is 11.8 Å². The van der Waals surface area contributed by atoms with Crippen LogP contribution in [0.15, 0.2) is 58.3 Å². The lowest BCUT2D eigenvalue weighted by atomic mass is 10.2. The van der Waals surface area contributed by atoms with Crippen LogP contribution in [0.4, 0.5) is 0 Å². The Bertz CT molecular complexity index is 934. The molecule has 26 heavy (non-hydrogen) atoms. The van der Waals surface area contributed by atoms with E-state index in [9.17, 15) is 18.5 Å². The molecule has 2 rings (SSSR count). The Morgan fingerprint density at radius 2 is 1.77 bits per heavy atom. The van der Waals surface area contributed by atoms with Crippen LogP contribution in [-0.2, 0) is 9.84 Å². The summed E-state index contributed by atoms with van der Waals surface area (Å²) in [5.41, 5.74) is 0.987. The average molecular weight is 389 g/mol. The van der Waals surface area contributed by atoms with Crippen molar-refractivity contribution >= 4 is 27.5 Å². The first kappa shape index (κ1) is 20.0. The minimum absolute atomic E-state index is 0.0462. The zero-order chi connectivity index (χ0) is 19.2. The fourth-order valence-electron chi connectivity index (χ4n) is 2.35. The van der Waals surface area contributed by atoms with Crippen molar-refractivity contribution in [2.45, 2.75) is 29.7 Å². The van der Waals surface area contributed by atoms with Gasteiger partial charge in [0.2, 0.25) is 0 Å². The molecule has 0 aliphatic rings. The molecule has 2 aromatic carbocycles. The van der Waals surface area contributed by atoms with Gasteiger partial charge >= 0.3 is 0 Å². The predicted molar refractivity (Wildman–Crippen MR) is 103 cm³/mol. The number of sulfone groups is 1. The Hall–Kier alpha value is -2.30. The molecule has 0 spiro atoms. The maximum absolute atomic E-state index is 12.6. The molecular weight excluding hydrogens is 368 g/mol. The molecule has 7 heteroatoms. The molecule has 1 amide bonds. The van der Waals surface area contributed by atoms with Gasteiger partial charge in [-0.3, -0.25) is 4.79 Å². The van der Waals surface area contributed by atoms with E-state index >= 15 is 0 Å². The van der Waals surface area contributed by atoms with Gasteiger partial charge in [-0.2, -0.15) is 5.26 Å². The van der Waals surface area contributed by atoms with Gasteiger partial charge in [0.1, 0.15) is 6.07 Å². The molecular formula is C19H20N2O3S2. The first-order valence-corrected chi connectivity index (χ1v) is 10.8. The van der Waals surface area contributed by atoms with Crippen LogP contribution in [0.5, 0.6) is 0 Å². The standard InChI is InChI=1S/C19H20N2O3S2/c1-3-26(23,24)13-14(2)21-19(22)16-9-5-7-11-18(16)25-17-10-6-4-8-15(17)12-20/h4-11,14H,3,13H2,1-2H3,(H,21,22). The fourth-order valence-corrected chi connectivity index (χ4v) is 4.46. The molecule has 1 atom stereocenters. The highest BCUT2D eigenvalue weighted by molar-refractivity contribution is 7.99. The summed E-state index contributed by atoms with van der Waals surface area (Å²) in [6.07, 6.45) is 0. The molecule has 0 saturated heterocycles. The zero-order valence-corrected chi connectivity index (χ0v) is 16.2. The topological polar surface area (TPSA) is 87.0 Å². The Balaban J connectivity index is 2.21. The van der Waals surface area contributed by atoms with Gasteiger partial charge < -0.3 is 5.32 Å². The molecule has 0 bridgehead atoms. The summed E-state index contributed by atoms with van der Waals surface area (Å²) in [5, 5.41) is 12.0. The van der Waals surface area contributed by atoms with Gasteiger partial charge in [0.25, 0.3) is 5.91 Å². The quantitative estimate of drug-likeness (QED) is 0.787. The van der Waals surface area contributed by atoms with Crippen LogP contribution in [0.1, 0.15) is 29.8 Å². The number of carbonyl (C=O) groups excluding carboxylic acids is 1. The second-order valence-electron chi connectivity index (χ2n) is 5.78. The molecule has 0 heterocycles. The number of benzene rings is 2. The van der Waals surface area contributed by atoms with Crippen LogP contribution in [0.25, 0.3) is 0 Å². The molecule has 0 aromatic heterocycles. The van der Waals surface area contributed by atoms with Crippen LogP contribution in [0.2, 0.25) is 0 Å². The van der Waals surface area contributed by atoms with E-state index < -0.39 is 15.9 Å². The Labute approximate surface area is 158 Å². The molecule has 0 aliphatic carbocycles. The van der Waals surface area contributed by atoms with Crippen molar-refractivity contribution in [2.75, 3.05) is 11.5 Å². The number of nitrogens with zero attached hydrogens (tertiary/aromatic N) is 1. The van der Waals surface area contributed by atoms with E-state index in [-0.39, 0.29) is 17.4 Å². The fraction of sp³-hybridized carbons (Fsp3) is 0.263. The summed E-state index contributed by atoms with van der Waals surface area (Å²) in [7, 11) is -3.17. The summed E-state index contributed by atoms with van der Waals surface area (Å²) in [4.78, 5) is 14.1. The lowest BCUT2D eigenvalue weighted by molar-refractivity contribution is 0.0940. The van der Waals surface area contributed by atoms with Crippen molar-refractivity contribution in [3.63, 3.8) is 0 Å². The second kappa shape index (κ2) is 8.88. The van der Waals surface area contributed by atoms with Crippen molar-refractivity contribution in [1.29, 1.82) is 5.26 Å². The zero-order valence-electron chi connectivity index (χ0n) is 14.6. The van der Waals surface area contributed by atoms with Gasteiger partial charge in [0.15, 0.2) is 9.84 Å². The normalized spacial score (nSPS) is 12.2. The van der Waals surface area contributed by atoms with Crippen molar-refractivity contribution in [1.82, 2.24) is 5.32 Å². The van der Waals surface area contributed by atoms with E-state index in [4.69, 9.17) is 0 Å². The molecule has 1 unspecified atom stereocenters. The number of rotatable bonds is 7. The Morgan fingerprint density at radius 1 is 1.15 bits per heavy atom. The lowest BCUT2D eigenvalue weighted by Crippen LogP contribution is -2.38. The van der Waals surface area contributed by atoms with Crippen LogP contribution < -0.4 is 5.32 Å². The second-order valence-corrected chi connectivity index (χ2v) is 9.26. The van der Waals surface area contributed by atoms with Crippen LogP contribution in [-0.4, -0.2) is 31.9 Å². The minimum Gasteiger partial charge on any atom is -0.349 e. The van der Waals surface area contributed by atoms with Gasteiger partial charge in [-0.05, 0) is 31.2 Å². The third kappa shape index (κ3) is 5.35. The first-order chi connectivity index (χ1) is 12.4. The van der Waals surface area contributed by atoms with E-state index in [0.29, 0.717) is 16.0 Å². The van der Waals surface area contributed by atoms with Crippen molar-refractivity contribution < 1.29 is 13.2 Å². The van der Waals surface area contributed by atoms with Crippen molar-refractivity contribution in [2.24, 2.45) is 0 Å². The van der Waals surface area contributed by atoms with Gasteiger partial charge in [-0.15, -0.1) is 0 Å². The molecule has 2 aromatic rings. The summed E-state index contributed by atoms with van der Waals surface area (Å²) in [6.45, 7) is 3.26. The predicted octanol–water partition coefficient (Wildman–Crippen LogP) is 3.26. The number of carbonyl (C=O) groups is 1. The third-order valence-corrected chi connectivity index (χ3v) is 6.72. The van der Waals surface area contributed by atoms with E-state index in [0.717, 1.165) is 4.90 Å². The van der Waals surface area contributed by atoms with Gasteiger partial charge in [-0.1, -0.05) is 43.0 Å². The molecule has 136 valence electrons. The highest BCUT2D eigenvalue weighted by atomic mass is 32.2. The molecule has 0 radical (unpaired) electrons. The minimum atomic E-state index is -3.17. The third-order valence-electron chi connectivity index (χ3n) is 3.68. The summed E-state index contributed by atoms with van der Waals surface area (Å²) < 4.78 is 23.4. The maximum Gasteiger partial charge on any atom is 0.252 e. The molecule has 0 fully saturated rings. The summed E-state index contributed by atoms with van der Waals surface area (Å²) >= 11 is 1.34.